The Morgan fingerprint density at radius 3 is 2.88 bits per heavy atom. The lowest BCUT2D eigenvalue weighted by molar-refractivity contribution is 0.0696. The summed E-state index contributed by atoms with van der Waals surface area (Å²) in [6.07, 6.45) is 5.29. The molecule has 0 unspecified atom stereocenters. The van der Waals surface area contributed by atoms with Gasteiger partial charge in [0.25, 0.3) is 0 Å². The summed E-state index contributed by atoms with van der Waals surface area (Å²) in [5.74, 6) is -0.632. The molecular weight excluding hydrogens is 305 g/mol. The minimum absolute atomic E-state index is 0.0315. The first kappa shape index (κ1) is 14.9. The fourth-order valence-electron chi connectivity index (χ4n) is 4.08. The molecular formula is C20H18FNO2. The fourth-order valence-corrected chi connectivity index (χ4v) is 4.08. The minimum atomic E-state index is -0.927. The van der Waals surface area contributed by atoms with Gasteiger partial charge in [-0.2, -0.15) is 0 Å². The molecule has 0 aromatic heterocycles. The third kappa shape index (κ3) is 2.21. The van der Waals surface area contributed by atoms with Crippen molar-refractivity contribution in [2.45, 2.75) is 25.3 Å². The van der Waals surface area contributed by atoms with Crippen LogP contribution in [0.25, 0.3) is 0 Å². The minimum Gasteiger partial charge on any atom is -0.478 e. The van der Waals surface area contributed by atoms with E-state index in [1.165, 1.54) is 6.07 Å². The van der Waals surface area contributed by atoms with E-state index in [4.69, 9.17) is 0 Å². The van der Waals surface area contributed by atoms with E-state index in [1.54, 1.807) is 18.2 Å². The van der Waals surface area contributed by atoms with E-state index < -0.39 is 5.97 Å². The Morgan fingerprint density at radius 2 is 2.12 bits per heavy atom. The number of benzene rings is 2. The molecule has 4 rings (SSSR count). The van der Waals surface area contributed by atoms with Crippen molar-refractivity contribution in [3.63, 3.8) is 0 Å². The SMILES string of the molecule is Cc1c(C(=O)O)ccc2c1N[C@H](c1cccc(F)c1)[C@H]1CC=C[C@H]21. The van der Waals surface area contributed by atoms with E-state index in [0.29, 0.717) is 11.5 Å². The Balaban J connectivity index is 1.85. The van der Waals surface area contributed by atoms with Gasteiger partial charge in [0.2, 0.25) is 0 Å². The first-order chi connectivity index (χ1) is 11.6. The van der Waals surface area contributed by atoms with Gasteiger partial charge in [0.15, 0.2) is 0 Å². The number of halogens is 1. The zero-order valence-corrected chi connectivity index (χ0v) is 13.3. The molecule has 0 fully saturated rings. The van der Waals surface area contributed by atoms with Crippen LogP contribution in [0.1, 0.15) is 45.4 Å². The van der Waals surface area contributed by atoms with Gasteiger partial charge in [-0.1, -0.05) is 30.4 Å². The average molecular weight is 323 g/mol. The number of hydrogen-bond donors (Lipinski definition) is 2. The monoisotopic (exact) mass is 323 g/mol. The second-order valence-corrected chi connectivity index (χ2v) is 6.54. The van der Waals surface area contributed by atoms with Crippen LogP contribution in [0.4, 0.5) is 10.1 Å². The molecule has 0 bridgehead atoms. The number of rotatable bonds is 2. The van der Waals surface area contributed by atoms with Crippen molar-refractivity contribution in [3.05, 3.63) is 76.6 Å². The van der Waals surface area contributed by atoms with E-state index in [0.717, 1.165) is 28.8 Å². The number of allylic oxidation sites excluding steroid dienone is 2. The zero-order chi connectivity index (χ0) is 16.8. The topological polar surface area (TPSA) is 49.3 Å². The number of nitrogens with one attached hydrogen (secondary N) is 1. The quantitative estimate of drug-likeness (QED) is 0.790. The normalized spacial score (nSPS) is 24.2. The number of hydrogen-bond acceptors (Lipinski definition) is 2. The highest BCUT2D eigenvalue weighted by molar-refractivity contribution is 5.92. The van der Waals surface area contributed by atoms with Crippen LogP contribution >= 0.6 is 0 Å². The fraction of sp³-hybridized carbons (Fsp3) is 0.250. The second-order valence-electron chi connectivity index (χ2n) is 6.54. The average Bonchev–Trinajstić information content (AvgIpc) is 3.04. The van der Waals surface area contributed by atoms with Gasteiger partial charge in [0, 0.05) is 11.6 Å². The van der Waals surface area contributed by atoms with E-state index >= 15 is 0 Å². The smallest absolute Gasteiger partial charge is 0.336 e. The Morgan fingerprint density at radius 1 is 1.29 bits per heavy atom. The number of carboxylic acids is 1. The maximum absolute atomic E-state index is 13.7. The predicted octanol–water partition coefficient (Wildman–Crippen LogP) is 4.66. The maximum Gasteiger partial charge on any atom is 0.336 e. The van der Waals surface area contributed by atoms with E-state index in [1.807, 2.05) is 19.1 Å². The number of anilines is 1. The third-order valence-electron chi connectivity index (χ3n) is 5.24. The molecule has 2 aliphatic rings. The Hall–Kier alpha value is -2.62. The van der Waals surface area contributed by atoms with Crippen molar-refractivity contribution in [2.75, 3.05) is 5.32 Å². The van der Waals surface area contributed by atoms with Crippen molar-refractivity contribution in [2.24, 2.45) is 5.92 Å². The number of fused-ring (bicyclic) bond motifs is 3. The molecule has 1 heterocycles. The van der Waals surface area contributed by atoms with Crippen molar-refractivity contribution in [1.29, 1.82) is 0 Å². The van der Waals surface area contributed by atoms with Crippen LogP contribution in [0.2, 0.25) is 0 Å². The lowest BCUT2D eigenvalue weighted by atomic mass is 9.76. The second kappa shape index (κ2) is 5.48. The highest BCUT2D eigenvalue weighted by Gasteiger charge is 2.39. The third-order valence-corrected chi connectivity index (χ3v) is 5.24. The molecule has 1 aliphatic carbocycles. The van der Waals surface area contributed by atoms with Gasteiger partial charge in [-0.25, -0.2) is 9.18 Å². The first-order valence-electron chi connectivity index (χ1n) is 8.11. The molecule has 122 valence electrons. The Kier molecular flexibility index (Phi) is 3.41. The first-order valence-corrected chi connectivity index (χ1v) is 8.11. The van der Waals surface area contributed by atoms with E-state index in [2.05, 4.69) is 17.5 Å². The number of carboxylic acid groups (broad SMARTS) is 1. The molecule has 4 heteroatoms. The van der Waals surface area contributed by atoms with Crippen LogP contribution < -0.4 is 5.32 Å². The molecule has 0 radical (unpaired) electrons. The molecule has 1 aliphatic heterocycles. The largest absolute Gasteiger partial charge is 0.478 e. The summed E-state index contributed by atoms with van der Waals surface area (Å²) in [7, 11) is 0. The molecule has 0 saturated carbocycles. The van der Waals surface area contributed by atoms with Crippen LogP contribution in [0, 0.1) is 18.7 Å². The molecule has 2 aromatic carbocycles. The summed E-state index contributed by atoms with van der Waals surface area (Å²) in [6, 6.07) is 10.2. The van der Waals surface area contributed by atoms with Gasteiger partial charge in [-0.05, 0) is 54.2 Å². The van der Waals surface area contributed by atoms with Crippen molar-refractivity contribution < 1.29 is 14.3 Å². The lowest BCUT2D eigenvalue weighted by Gasteiger charge is -2.38. The van der Waals surface area contributed by atoms with Crippen molar-refractivity contribution in [3.8, 4) is 0 Å². The summed E-state index contributed by atoms with van der Waals surface area (Å²) >= 11 is 0. The summed E-state index contributed by atoms with van der Waals surface area (Å²) in [5, 5.41) is 12.9. The van der Waals surface area contributed by atoms with Gasteiger partial charge in [0.05, 0.1) is 11.6 Å². The molecule has 2 aromatic rings. The zero-order valence-electron chi connectivity index (χ0n) is 13.3. The molecule has 0 spiro atoms. The van der Waals surface area contributed by atoms with Crippen LogP contribution in [0.5, 0.6) is 0 Å². The molecule has 24 heavy (non-hydrogen) atoms. The van der Waals surface area contributed by atoms with Gasteiger partial charge in [0.1, 0.15) is 5.82 Å². The van der Waals surface area contributed by atoms with E-state index in [-0.39, 0.29) is 17.8 Å². The predicted molar refractivity (Wildman–Crippen MR) is 90.9 cm³/mol. The van der Waals surface area contributed by atoms with Crippen molar-refractivity contribution >= 4 is 11.7 Å². The van der Waals surface area contributed by atoms with Gasteiger partial charge >= 0.3 is 5.97 Å². The number of aromatic carboxylic acids is 1. The summed E-state index contributed by atoms with van der Waals surface area (Å²) < 4.78 is 13.7. The maximum atomic E-state index is 13.7. The summed E-state index contributed by atoms with van der Waals surface area (Å²) in [4.78, 5) is 11.4. The summed E-state index contributed by atoms with van der Waals surface area (Å²) in [5.41, 5.74) is 3.94. The van der Waals surface area contributed by atoms with Crippen LogP contribution in [0.3, 0.4) is 0 Å². The molecule has 2 N–H and O–H groups in total. The Bertz CT molecular complexity index is 859. The molecule has 0 amide bonds. The van der Waals surface area contributed by atoms with Crippen LogP contribution in [0.15, 0.2) is 48.6 Å². The summed E-state index contributed by atoms with van der Waals surface area (Å²) in [6.45, 7) is 1.83. The van der Waals surface area contributed by atoms with E-state index in [9.17, 15) is 14.3 Å². The molecule has 0 saturated heterocycles. The lowest BCUT2D eigenvalue weighted by Crippen LogP contribution is -2.30. The van der Waals surface area contributed by atoms with Gasteiger partial charge in [-0.15, -0.1) is 0 Å². The number of carbonyl (C=O) groups is 1. The van der Waals surface area contributed by atoms with Gasteiger partial charge < -0.3 is 10.4 Å². The van der Waals surface area contributed by atoms with Crippen LogP contribution in [-0.4, -0.2) is 11.1 Å². The standard InChI is InChI=1S/C20H18FNO2/c1-11-14(20(23)24)8-9-17-15-6-3-7-16(15)19(22-18(11)17)12-4-2-5-13(21)10-12/h2-6,8-10,15-16,19,22H,7H2,1H3,(H,23,24)/t15-,16-,19+/m0/s1. The van der Waals surface area contributed by atoms with Gasteiger partial charge in [-0.3, -0.25) is 0 Å². The molecule has 3 atom stereocenters. The Labute approximate surface area is 139 Å². The highest BCUT2D eigenvalue weighted by Crippen LogP contribution is 2.50. The highest BCUT2D eigenvalue weighted by atomic mass is 19.1. The van der Waals surface area contributed by atoms with Crippen molar-refractivity contribution in [1.82, 2.24) is 0 Å². The molecule has 3 nitrogen and oxygen atoms in total. The van der Waals surface area contributed by atoms with Crippen LogP contribution in [-0.2, 0) is 0 Å².